The molecule has 0 unspecified atom stereocenters. The first-order valence-electron chi connectivity index (χ1n) is 9.97. The first-order chi connectivity index (χ1) is 15.9. The van der Waals surface area contributed by atoms with Crippen molar-refractivity contribution in [2.75, 3.05) is 33.7 Å². The first-order valence-corrected chi connectivity index (χ1v) is 11.9. The third-order valence-corrected chi connectivity index (χ3v) is 6.00. The molecular weight excluding hydrogens is 448 g/mol. The molecule has 4 aromatic rings. The van der Waals surface area contributed by atoms with Crippen molar-refractivity contribution in [1.29, 1.82) is 0 Å². The largest absolute Gasteiger partial charge is 0.493 e. The molecule has 0 aliphatic carbocycles. The molecule has 0 fully saturated rings. The summed E-state index contributed by atoms with van der Waals surface area (Å²) in [6.45, 7) is 0.935. The van der Waals surface area contributed by atoms with Crippen LogP contribution in [0.2, 0.25) is 0 Å². The molecule has 0 bridgehead atoms. The van der Waals surface area contributed by atoms with Crippen LogP contribution in [-0.2, 0) is 9.84 Å². The zero-order chi connectivity index (χ0) is 23.2. The van der Waals surface area contributed by atoms with Crippen molar-refractivity contribution >= 4 is 20.9 Å². The van der Waals surface area contributed by atoms with E-state index in [1.54, 1.807) is 37.0 Å². The number of nitrogens with zero attached hydrogens (tertiary/aromatic N) is 4. The van der Waals surface area contributed by atoms with Crippen LogP contribution in [0.5, 0.6) is 23.0 Å². The number of methoxy groups -OCH3 is 2. The molecule has 170 valence electrons. The van der Waals surface area contributed by atoms with Gasteiger partial charge in [-0.1, -0.05) is 0 Å². The molecule has 2 aromatic carbocycles. The van der Waals surface area contributed by atoms with Crippen LogP contribution in [0.15, 0.2) is 47.8 Å². The average Bonchev–Trinajstić information content (AvgIpc) is 3.20. The molecule has 3 heterocycles. The maximum absolute atomic E-state index is 12.1. The Balaban J connectivity index is 1.81. The van der Waals surface area contributed by atoms with E-state index >= 15 is 0 Å². The van der Waals surface area contributed by atoms with Crippen LogP contribution in [0.4, 0.5) is 0 Å². The zero-order valence-electron chi connectivity index (χ0n) is 18.1. The summed E-state index contributed by atoms with van der Waals surface area (Å²) in [5.41, 5.74) is 1.99. The smallest absolute Gasteiger partial charge is 0.248 e. The Morgan fingerprint density at radius 1 is 0.939 bits per heavy atom. The van der Waals surface area contributed by atoms with Gasteiger partial charge in [-0.05, 0) is 24.3 Å². The van der Waals surface area contributed by atoms with Crippen LogP contribution in [0.1, 0.15) is 0 Å². The Bertz CT molecular complexity index is 1480. The fourth-order valence-electron chi connectivity index (χ4n) is 3.65. The van der Waals surface area contributed by atoms with Gasteiger partial charge in [0.05, 0.1) is 25.3 Å². The zero-order valence-corrected chi connectivity index (χ0v) is 18.9. The molecule has 0 saturated carbocycles. The molecule has 1 aliphatic heterocycles. The number of sulfone groups is 1. The van der Waals surface area contributed by atoms with E-state index in [0.29, 0.717) is 58.9 Å². The van der Waals surface area contributed by atoms with Crippen LogP contribution in [0, 0.1) is 0 Å². The van der Waals surface area contributed by atoms with E-state index in [4.69, 9.17) is 23.9 Å². The third kappa shape index (κ3) is 3.69. The second-order valence-corrected chi connectivity index (χ2v) is 9.20. The molecule has 10 nitrogen and oxygen atoms in total. The van der Waals surface area contributed by atoms with E-state index in [1.807, 2.05) is 18.2 Å². The number of ether oxygens (including phenoxy) is 4. The fraction of sp³-hybridized carbons (Fsp3) is 0.227. The topological polar surface area (TPSA) is 115 Å². The molecular formula is C22H20N4O6S. The van der Waals surface area contributed by atoms with Crippen molar-refractivity contribution in [2.45, 2.75) is 5.16 Å². The average molecular weight is 468 g/mol. The lowest BCUT2D eigenvalue weighted by Crippen LogP contribution is -2.15. The minimum atomic E-state index is -3.62. The van der Waals surface area contributed by atoms with E-state index < -0.39 is 9.84 Å². The number of rotatable bonds is 5. The Labute approximate surface area is 189 Å². The minimum absolute atomic E-state index is 0.282. The van der Waals surface area contributed by atoms with Crippen molar-refractivity contribution < 1.29 is 27.4 Å². The highest BCUT2D eigenvalue weighted by Crippen LogP contribution is 2.39. The highest BCUT2D eigenvalue weighted by atomic mass is 32.2. The van der Waals surface area contributed by atoms with Crippen LogP contribution >= 0.6 is 0 Å². The summed E-state index contributed by atoms with van der Waals surface area (Å²) < 4.78 is 48.2. The second-order valence-electron chi connectivity index (χ2n) is 7.29. The summed E-state index contributed by atoms with van der Waals surface area (Å²) in [5.74, 6) is 3.13. The Morgan fingerprint density at radius 2 is 1.67 bits per heavy atom. The minimum Gasteiger partial charge on any atom is -0.493 e. The standard InChI is InChI=1S/C22H20N4O6S/c1-29-17-11-14-15(12-18(17)30-2)26(20-6-7-23-22(25-20)33(3,27)28)21(24-14)13-4-5-16-19(10-13)32-9-8-31-16/h4-7,10-12H,8-9H2,1-3H3. The van der Waals surface area contributed by atoms with Gasteiger partial charge in [0.2, 0.25) is 15.0 Å². The predicted octanol–water partition coefficient (Wildman–Crippen LogP) is 2.67. The van der Waals surface area contributed by atoms with Gasteiger partial charge >= 0.3 is 0 Å². The maximum atomic E-state index is 12.1. The molecule has 0 spiro atoms. The monoisotopic (exact) mass is 468 g/mol. The lowest BCUT2D eigenvalue weighted by atomic mass is 10.2. The summed E-state index contributed by atoms with van der Waals surface area (Å²) >= 11 is 0. The van der Waals surface area contributed by atoms with Gasteiger partial charge in [-0.3, -0.25) is 4.57 Å². The molecule has 0 amide bonds. The molecule has 2 aromatic heterocycles. The van der Waals surface area contributed by atoms with Gasteiger partial charge in [-0.25, -0.2) is 23.4 Å². The highest BCUT2D eigenvalue weighted by Gasteiger charge is 2.22. The molecule has 11 heteroatoms. The van der Waals surface area contributed by atoms with Gasteiger partial charge < -0.3 is 18.9 Å². The lowest BCUT2D eigenvalue weighted by Gasteiger charge is -2.19. The number of benzene rings is 2. The number of hydrogen-bond acceptors (Lipinski definition) is 9. The molecule has 0 atom stereocenters. The molecule has 0 N–H and O–H groups in total. The quantitative estimate of drug-likeness (QED) is 0.408. The number of fused-ring (bicyclic) bond motifs is 2. The van der Waals surface area contributed by atoms with E-state index in [-0.39, 0.29) is 5.16 Å². The summed E-state index contributed by atoms with van der Waals surface area (Å²) in [6.07, 6.45) is 2.46. The first kappa shape index (κ1) is 21.0. The van der Waals surface area contributed by atoms with Crippen LogP contribution < -0.4 is 18.9 Å². The molecule has 5 rings (SSSR count). The molecule has 1 aliphatic rings. The van der Waals surface area contributed by atoms with Gasteiger partial charge in [0.25, 0.3) is 0 Å². The summed E-state index contributed by atoms with van der Waals surface area (Å²) in [4.78, 5) is 13.0. The van der Waals surface area contributed by atoms with Gasteiger partial charge in [0, 0.05) is 30.1 Å². The van der Waals surface area contributed by atoms with Crippen LogP contribution in [0.3, 0.4) is 0 Å². The van der Waals surface area contributed by atoms with Gasteiger partial charge in [-0.15, -0.1) is 0 Å². The predicted molar refractivity (Wildman–Crippen MR) is 119 cm³/mol. The SMILES string of the molecule is COc1cc2nc(-c3ccc4c(c3)OCCO4)n(-c3ccnc(S(C)(=O)=O)n3)c2cc1OC. The van der Waals surface area contributed by atoms with E-state index in [1.165, 1.54) is 6.20 Å². The van der Waals surface area contributed by atoms with Crippen molar-refractivity contribution in [3.63, 3.8) is 0 Å². The molecule has 33 heavy (non-hydrogen) atoms. The van der Waals surface area contributed by atoms with E-state index in [9.17, 15) is 8.42 Å². The van der Waals surface area contributed by atoms with E-state index in [0.717, 1.165) is 11.8 Å². The third-order valence-electron chi connectivity index (χ3n) is 5.14. The van der Waals surface area contributed by atoms with E-state index in [2.05, 4.69) is 9.97 Å². The Hall–Kier alpha value is -3.86. The lowest BCUT2D eigenvalue weighted by molar-refractivity contribution is 0.171. The number of imidazole rings is 1. The number of aromatic nitrogens is 4. The van der Waals surface area contributed by atoms with Crippen molar-refractivity contribution in [2.24, 2.45) is 0 Å². The second kappa shape index (κ2) is 7.93. The van der Waals surface area contributed by atoms with Gasteiger partial charge in [-0.2, -0.15) is 0 Å². The van der Waals surface area contributed by atoms with Crippen LogP contribution in [0.25, 0.3) is 28.2 Å². The normalized spacial score (nSPS) is 13.2. The molecule has 0 saturated heterocycles. The fourth-order valence-corrected chi connectivity index (χ4v) is 4.16. The molecule has 0 radical (unpaired) electrons. The maximum Gasteiger partial charge on any atom is 0.248 e. The Morgan fingerprint density at radius 3 is 2.39 bits per heavy atom. The summed E-state index contributed by atoms with van der Waals surface area (Å²) in [5, 5.41) is -0.282. The van der Waals surface area contributed by atoms with Crippen LogP contribution in [-0.4, -0.2) is 61.6 Å². The summed E-state index contributed by atoms with van der Waals surface area (Å²) in [7, 11) is -0.533. The van der Waals surface area contributed by atoms with Crippen molar-refractivity contribution in [3.8, 4) is 40.2 Å². The van der Waals surface area contributed by atoms with Gasteiger partial charge in [0.15, 0.2) is 23.0 Å². The van der Waals surface area contributed by atoms with Gasteiger partial charge in [0.1, 0.15) is 24.9 Å². The number of hydrogen-bond donors (Lipinski definition) is 0. The highest BCUT2D eigenvalue weighted by molar-refractivity contribution is 7.90. The van der Waals surface area contributed by atoms with Crippen molar-refractivity contribution in [1.82, 2.24) is 19.5 Å². The van der Waals surface area contributed by atoms with Crippen molar-refractivity contribution in [3.05, 3.63) is 42.6 Å². The summed E-state index contributed by atoms with van der Waals surface area (Å²) in [6, 6.07) is 10.7. The Kier molecular flexibility index (Phi) is 5.05.